The molecule has 2 fully saturated rings. The number of fused-ring (bicyclic) bond motifs is 1. The number of rotatable bonds is 2. The van der Waals surface area contributed by atoms with E-state index in [1.54, 1.807) is 7.11 Å². The van der Waals surface area contributed by atoms with E-state index in [2.05, 4.69) is 18.3 Å². The zero-order valence-corrected chi connectivity index (χ0v) is 11.5. The van der Waals surface area contributed by atoms with Gasteiger partial charge < -0.3 is 15.0 Å². The summed E-state index contributed by atoms with van der Waals surface area (Å²) in [5.41, 5.74) is 2.42. The molecule has 1 aromatic rings. The molecule has 1 aromatic carbocycles. The highest BCUT2D eigenvalue weighted by molar-refractivity contribution is 5.79. The predicted octanol–water partition coefficient (Wildman–Crippen LogP) is 1.64. The quantitative estimate of drug-likeness (QED) is 0.879. The monoisotopic (exact) mass is 260 g/mol. The number of nitrogens with zero attached hydrogens (tertiary/aromatic N) is 1. The van der Waals surface area contributed by atoms with Crippen molar-refractivity contribution in [1.29, 1.82) is 0 Å². The molecular formula is C15H20N2O2. The first-order valence-electron chi connectivity index (χ1n) is 6.88. The average molecular weight is 260 g/mol. The Balaban J connectivity index is 1.95. The summed E-state index contributed by atoms with van der Waals surface area (Å²) in [5, 5.41) is 3.57. The predicted molar refractivity (Wildman–Crippen MR) is 73.2 cm³/mol. The smallest absolute Gasteiger partial charge is 0.223 e. The summed E-state index contributed by atoms with van der Waals surface area (Å²) >= 11 is 0. The van der Waals surface area contributed by atoms with Crippen LogP contribution in [0.15, 0.2) is 18.2 Å². The van der Waals surface area contributed by atoms with Crippen LogP contribution in [0, 0.1) is 6.92 Å². The van der Waals surface area contributed by atoms with Crippen LogP contribution in [0.3, 0.4) is 0 Å². The molecule has 1 amide bonds. The second kappa shape index (κ2) is 4.85. The molecule has 0 saturated carbocycles. The third kappa shape index (κ3) is 2.00. The van der Waals surface area contributed by atoms with Crippen molar-refractivity contribution in [2.75, 3.05) is 20.2 Å². The summed E-state index contributed by atoms with van der Waals surface area (Å²) in [4.78, 5) is 13.9. The Bertz CT molecular complexity index is 501. The van der Waals surface area contributed by atoms with Crippen LogP contribution < -0.4 is 10.1 Å². The highest BCUT2D eigenvalue weighted by atomic mass is 16.5. The molecule has 19 heavy (non-hydrogen) atoms. The van der Waals surface area contributed by atoms with E-state index in [0.29, 0.717) is 18.4 Å². The van der Waals surface area contributed by atoms with Gasteiger partial charge in [-0.05, 0) is 30.5 Å². The van der Waals surface area contributed by atoms with Crippen LogP contribution in [0.4, 0.5) is 0 Å². The lowest BCUT2D eigenvalue weighted by Gasteiger charge is -2.38. The molecule has 4 nitrogen and oxygen atoms in total. The standard InChI is InChI=1S/C15H20N2O2/c1-10-11(4-3-5-13(10)19-2)15-12-6-7-14(18)17(12)9-8-16-15/h3-5,12,15-16H,6-9H2,1-2H3/t12-,15-/m0/s1. The van der Waals surface area contributed by atoms with Crippen LogP contribution in [0.5, 0.6) is 5.75 Å². The molecule has 0 aromatic heterocycles. The molecular weight excluding hydrogens is 240 g/mol. The summed E-state index contributed by atoms with van der Waals surface area (Å²) in [5.74, 6) is 1.22. The third-order valence-electron chi connectivity index (χ3n) is 4.36. The fourth-order valence-corrected chi connectivity index (χ4v) is 3.38. The van der Waals surface area contributed by atoms with Gasteiger partial charge in [-0.1, -0.05) is 12.1 Å². The van der Waals surface area contributed by atoms with Crippen LogP contribution in [0.2, 0.25) is 0 Å². The number of methoxy groups -OCH3 is 1. The second-order valence-corrected chi connectivity index (χ2v) is 5.30. The van der Waals surface area contributed by atoms with Crippen molar-refractivity contribution in [3.8, 4) is 5.75 Å². The number of hydrogen-bond acceptors (Lipinski definition) is 3. The van der Waals surface area contributed by atoms with E-state index in [9.17, 15) is 4.79 Å². The lowest BCUT2D eigenvalue weighted by molar-refractivity contribution is -0.130. The summed E-state index contributed by atoms with van der Waals surface area (Å²) < 4.78 is 5.40. The van der Waals surface area contributed by atoms with Gasteiger partial charge in [0.05, 0.1) is 19.2 Å². The number of carbonyl (C=O) groups is 1. The SMILES string of the molecule is COc1cccc([C@@H]2NCCN3C(=O)CC[C@@H]23)c1C. The summed E-state index contributed by atoms with van der Waals surface area (Å²) in [6.45, 7) is 3.79. The van der Waals surface area contributed by atoms with Gasteiger partial charge in [0.15, 0.2) is 0 Å². The maximum absolute atomic E-state index is 11.9. The average Bonchev–Trinajstić information content (AvgIpc) is 2.81. The zero-order chi connectivity index (χ0) is 13.4. The van der Waals surface area contributed by atoms with Crippen molar-refractivity contribution in [1.82, 2.24) is 10.2 Å². The van der Waals surface area contributed by atoms with E-state index < -0.39 is 0 Å². The van der Waals surface area contributed by atoms with Gasteiger partial charge in [-0.2, -0.15) is 0 Å². The largest absolute Gasteiger partial charge is 0.496 e. The molecule has 1 N–H and O–H groups in total. The van der Waals surface area contributed by atoms with E-state index in [-0.39, 0.29) is 6.04 Å². The highest BCUT2D eigenvalue weighted by Gasteiger charge is 2.40. The van der Waals surface area contributed by atoms with E-state index in [0.717, 1.165) is 25.3 Å². The first-order valence-corrected chi connectivity index (χ1v) is 6.88. The number of hydrogen-bond donors (Lipinski definition) is 1. The Kier molecular flexibility index (Phi) is 3.19. The van der Waals surface area contributed by atoms with Crippen LogP contribution >= 0.6 is 0 Å². The molecule has 0 aliphatic carbocycles. The van der Waals surface area contributed by atoms with Crippen molar-refractivity contribution in [3.05, 3.63) is 29.3 Å². The molecule has 0 bridgehead atoms. The molecule has 4 heteroatoms. The molecule has 2 atom stereocenters. The molecule has 0 spiro atoms. The maximum Gasteiger partial charge on any atom is 0.223 e. The Labute approximate surface area is 113 Å². The van der Waals surface area contributed by atoms with Gasteiger partial charge in [-0.3, -0.25) is 4.79 Å². The number of piperazine rings is 1. The van der Waals surface area contributed by atoms with Crippen molar-refractivity contribution in [2.24, 2.45) is 0 Å². The van der Waals surface area contributed by atoms with Crippen molar-refractivity contribution in [3.63, 3.8) is 0 Å². The molecule has 3 rings (SSSR count). The van der Waals surface area contributed by atoms with Crippen molar-refractivity contribution >= 4 is 5.91 Å². The zero-order valence-electron chi connectivity index (χ0n) is 11.5. The summed E-state index contributed by atoms with van der Waals surface area (Å²) in [7, 11) is 1.70. The van der Waals surface area contributed by atoms with Gasteiger partial charge in [0.2, 0.25) is 5.91 Å². The molecule has 0 unspecified atom stereocenters. The first kappa shape index (κ1) is 12.5. The highest BCUT2D eigenvalue weighted by Crippen LogP contribution is 2.35. The summed E-state index contributed by atoms with van der Waals surface area (Å²) in [6, 6.07) is 6.68. The third-order valence-corrected chi connectivity index (χ3v) is 4.36. The number of ether oxygens (including phenoxy) is 1. The Morgan fingerprint density at radius 1 is 1.42 bits per heavy atom. The van der Waals surface area contributed by atoms with Crippen LogP contribution in [-0.4, -0.2) is 37.0 Å². The molecule has 2 heterocycles. The van der Waals surface area contributed by atoms with Crippen LogP contribution in [0.25, 0.3) is 0 Å². The van der Waals surface area contributed by atoms with E-state index in [1.807, 2.05) is 17.0 Å². The normalized spacial score (nSPS) is 26.4. The van der Waals surface area contributed by atoms with E-state index in [4.69, 9.17) is 4.74 Å². The van der Waals surface area contributed by atoms with Gasteiger partial charge >= 0.3 is 0 Å². The maximum atomic E-state index is 11.9. The Hall–Kier alpha value is -1.55. The molecule has 2 aliphatic rings. The van der Waals surface area contributed by atoms with Gasteiger partial charge in [0.25, 0.3) is 0 Å². The number of nitrogens with one attached hydrogen (secondary N) is 1. The Morgan fingerprint density at radius 2 is 2.26 bits per heavy atom. The van der Waals surface area contributed by atoms with Gasteiger partial charge in [0.1, 0.15) is 5.75 Å². The minimum atomic E-state index is 0.232. The fraction of sp³-hybridized carbons (Fsp3) is 0.533. The Morgan fingerprint density at radius 3 is 3.05 bits per heavy atom. The fourth-order valence-electron chi connectivity index (χ4n) is 3.38. The topological polar surface area (TPSA) is 41.6 Å². The van der Waals surface area contributed by atoms with Crippen LogP contribution in [0.1, 0.15) is 30.0 Å². The van der Waals surface area contributed by atoms with Crippen molar-refractivity contribution < 1.29 is 9.53 Å². The number of benzene rings is 1. The van der Waals surface area contributed by atoms with Gasteiger partial charge in [0, 0.05) is 19.5 Å². The number of amides is 1. The minimum Gasteiger partial charge on any atom is -0.496 e. The lowest BCUT2D eigenvalue weighted by atomic mass is 9.92. The lowest BCUT2D eigenvalue weighted by Crippen LogP contribution is -2.51. The van der Waals surface area contributed by atoms with Crippen LogP contribution in [-0.2, 0) is 4.79 Å². The molecule has 102 valence electrons. The second-order valence-electron chi connectivity index (χ2n) is 5.30. The van der Waals surface area contributed by atoms with Crippen molar-refractivity contribution in [2.45, 2.75) is 31.8 Å². The summed E-state index contributed by atoms with van der Waals surface area (Å²) in [6.07, 6.45) is 1.64. The number of carbonyl (C=O) groups excluding carboxylic acids is 1. The van der Waals surface area contributed by atoms with Gasteiger partial charge in [-0.15, -0.1) is 0 Å². The van der Waals surface area contributed by atoms with Gasteiger partial charge in [-0.25, -0.2) is 0 Å². The molecule has 2 saturated heterocycles. The molecule has 2 aliphatic heterocycles. The molecule has 0 radical (unpaired) electrons. The van der Waals surface area contributed by atoms with E-state index in [1.165, 1.54) is 11.1 Å². The minimum absolute atomic E-state index is 0.232. The van der Waals surface area contributed by atoms with E-state index >= 15 is 0 Å². The first-order chi connectivity index (χ1) is 9.22.